The third-order valence-electron chi connectivity index (χ3n) is 7.27. The minimum absolute atomic E-state index is 0.0345. The van der Waals surface area contributed by atoms with E-state index >= 15 is 0 Å². The Hall–Kier alpha value is -2.91. The van der Waals surface area contributed by atoms with Gasteiger partial charge in [-0.1, -0.05) is 70.8 Å². The van der Waals surface area contributed by atoms with Crippen molar-refractivity contribution in [2.24, 2.45) is 5.16 Å². The second-order valence-corrected chi connectivity index (χ2v) is 11.0. The Labute approximate surface area is 240 Å². The second kappa shape index (κ2) is 11.5. The van der Waals surface area contributed by atoms with Crippen LogP contribution in [-0.2, 0) is 21.8 Å². The smallest absolute Gasteiger partial charge is 0.374 e. The van der Waals surface area contributed by atoms with E-state index in [0.29, 0.717) is 36.1 Å². The van der Waals surface area contributed by atoms with Crippen LogP contribution >= 0.6 is 23.2 Å². The molecule has 210 valence electrons. The third kappa shape index (κ3) is 6.05. The third-order valence-corrected chi connectivity index (χ3v) is 7.71. The molecule has 10 heteroatoms. The van der Waals surface area contributed by atoms with Gasteiger partial charge in [-0.3, -0.25) is 9.63 Å². The van der Waals surface area contributed by atoms with Gasteiger partial charge in [0.05, 0.1) is 11.8 Å². The molecule has 40 heavy (non-hydrogen) atoms. The van der Waals surface area contributed by atoms with Crippen molar-refractivity contribution in [1.82, 2.24) is 5.06 Å². The van der Waals surface area contributed by atoms with Crippen LogP contribution in [0.5, 0.6) is 0 Å². The Kier molecular flexibility index (Phi) is 8.25. The molecule has 1 saturated heterocycles. The molecule has 2 aliphatic heterocycles. The lowest BCUT2D eigenvalue weighted by atomic mass is 9.86. The minimum Gasteiger partial charge on any atom is -0.374 e. The average molecular weight is 591 g/mol. The molecule has 0 aliphatic carbocycles. The number of hydrogen-bond acceptors (Lipinski definition) is 5. The maximum Gasteiger partial charge on any atom is 0.435 e. The summed E-state index contributed by atoms with van der Waals surface area (Å²) in [5.41, 5.74) is -0.0381. The number of carbonyl (C=O) groups is 1. The number of aryl methyl sites for hydroxylation is 1. The van der Waals surface area contributed by atoms with Gasteiger partial charge in [0.15, 0.2) is 5.78 Å². The zero-order valence-corrected chi connectivity index (χ0v) is 23.2. The maximum atomic E-state index is 14.3. The molecule has 0 spiro atoms. The van der Waals surface area contributed by atoms with Gasteiger partial charge in [0.1, 0.15) is 0 Å². The summed E-state index contributed by atoms with van der Waals surface area (Å²) in [5, 5.41) is 5.86. The average Bonchev–Trinajstić information content (AvgIpc) is 3.55. The van der Waals surface area contributed by atoms with Gasteiger partial charge in [0, 0.05) is 47.1 Å². The van der Waals surface area contributed by atoms with Crippen LogP contribution in [0.4, 0.5) is 13.2 Å². The molecule has 5 nitrogen and oxygen atoms in total. The molecule has 3 aromatic rings. The zero-order valence-electron chi connectivity index (χ0n) is 21.7. The van der Waals surface area contributed by atoms with Crippen molar-refractivity contribution in [2.45, 2.75) is 57.0 Å². The summed E-state index contributed by atoms with van der Waals surface area (Å²) in [4.78, 5) is 24.1. The van der Waals surface area contributed by atoms with Gasteiger partial charge in [-0.15, -0.1) is 0 Å². The fraction of sp³-hybridized carbons (Fsp3) is 0.333. The predicted molar refractivity (Wildman–Crippen MR) is 148 cm³/mol. The first kappa shape index (κ1) is 28.6. The Morgan fingerprint density at radius 3 is 2.48 bits per heavy atom. The van der Waals surface area contributed by atoms with Gasteiger partial charge >= 0.3 is 6.18 Å². The number of ketones is 1. The summed E-state index contributed by atoms with van der Waals surface area (Å²) in [7, 11) is 0. The molecule has 2 aliphatic rings. The number of halogens is 5. The highest BCUT2D eigenvalue weighted by Crippen LogP contribution is 2.49. The first-order chi connectivity index (χ1) is 19.0. The summed E-state index contributed by atoms with van der Waals surface area (Å²) in [6.45, 7) is 3.25. The van der Waals surface area contributed by atoms with Crippen molar-refractivity contribution < 1.29 is 27.6 Å². The number of benzene rings is 3. The highest BCUT2D eigenvalue weighted by molar-refractivity contribution is 6.34. The number of nitrogens with zero attached hydrogens (tertiary/aromatic N) is 2. The van der Waals surface area contributed by atoms with Crippen LogP contribution in [0.2, 0.25) is 10.0 Å². The lowest BCUT2D eigenvalue weighted by Crippen LogP contribution is -2.42. The van der Waals surface area contributed by atoms with Gasteiger partial charge in [0.25, 0.3) is 5.60 Å². The van der Waals surface area contributed by atoms with E-state index in [1.807, 2.05) is 35.4 Å². The van der Waals surface area contributed by atoms with Crippen LogP contribution in [0, 0.1) is 6.92 Å². The molecule has 3 aromatic carbocycles. The van der Waals surface area contributed by atoms with Crippen LogP contribution in [0.25, 0.3) is 0 Å². The van der Waals surface area contributed by atoms with Crippen molar-refractivity contribution in [3.05, 3.63) is 105 Å². The summed E-state index contributed by atoms with van der Waals surface area (Å²) < 4.78 is 42.9. The van der Waals surface area contributed by atoms with E-state index in [1.54, 1.807) is 25.1 Å². The number of Topliss-reactive ketones (excluding diaryl/α,β-unsaturated/α-hetero) is 1. The van der Waals surface area contributed by atoms with Gasteiger partial charge in [-0.05, 0) is 60.7 Å². The number of hydrogen-bond donors (Lipinski definition) is 0. The van der Waals surface area contributed by atoms with Crippen molar-refractivity contribution in [1.29, 1.82) is 0 Å². The van der Waals surface area contributed by atoms with Gasteiger partial charge in [-0.25, -0.2) is 0 Å². The summed E-state index contributed by atoms with van der Waals surface area (Å²) in [5.74, 6) is -0.0445. The number of rotatable bonds is 8. The van der Waals surface area contributed by atoms with Crippen LogP contribution in [0.1, 0.15) is 58.3 Å². The van der Waals surface area contributed by atoms with E-state index < -0.39 is 18.2 Å². The monoisotopic (exact) mass is 590 g/mol. The van der Waals surface area contributed by atoms with Gasteiger partial charge in [0.2, 0.25) is 0 Å². The zero-order chi connectivity index (χ0) is 28.5. The van der Waals surface area contributed by atoms with Crippen LogP contribution in [0.3, 0.4) is 0 Å². The van der Waals surface area contributed by atoms with Gasteiger partial charge < -0.3 is 4.84 Å². The molecule has 2 unspecified atom stereocenters. The number of alkyl halides is 3. The topological polar surface area (TPSA) is 51.1 Å². The second-order valence-electron chi connectivity index (χ2n) is 10.1. The molecule has 0 bridgehead atoms. The van der Waals surface area contributed by atoms with Crippen molar-refractivity contribution in [3.63, 3.8) is 0 Å². The van der Waals surface area contributed by atoms with Crippen molar-refractivity contribution in [3.8, 4) is 0 Å². The highest BCUT2D eigenvalue weighted by atomic mass is 35.5. The van der Waals surface area contributed by atoms with Crippen LogP contribution in [-0.4, -0.2) is 35.4 Å². The van der Waals surface area contributed by atoms with E-state index in [1.165, 1.54) is 18.2 Å². The molecule has 5 rings (SSSR count). The predicted octanol–water partition coefficient (Wildman–Crippen LogP) is 8.05. The number of oxime groups is 1. The first-order valence-corrected chi connectivity index (χ1v) is 13.7. The van der Waals surface area contributed by atoms with Crippen molar-refractivity contribution in [2.75, 3.05) is 6.54 Å². The van der Waals surface area contributed by atoms with Gasteiger partial charge in [-0.2, -0.15) is 18.2 Å². The lowest BCUT2D eigenvalue weighted by molar-refractivity contribution is -0.275. The lowest BCUT2D eigenvalue weighted by Gasteiger charge is -2.29. The van der Waals surface area contributed by atoms with E-state index in [2.05, 4.69) is 5.16 Å². The standard InChI is InChI=1S/C30H27Cl2F3N2O3/c1-19-13-21(27-17-29(40-36-27,30(33,34)35)22-14-23(31)16-24(32)15-22)7-9-26(19)28(38)10-8-25-11-12-37(39-25)18-20-5-3-2-4-6-20/h2-7,9,13-16,25H,8,10-12,17-18H2,1H3. The molecule has 1 fully saturated rings. The molecule has 0 amide bonds. The molecular weight excluding hydrogens is 564 g/mol. The number of carbonyl (C=O) groups excluding carboxylic acids is 1. The van der Waals surface area contributed by atoms with Crippen molar-refractivity contribution >= 4 is 34.7 Å². The molecule has 0 radical (unpaired) electrons. The molecule has 0 aromatic heterocycles. The maximum absolute atomic E-state index is 14.3. The quantitative estimate of drug-likeness (QED) is 0.249. The normalized spacial score (nSPS) is 21.4. The largest absolute Gasteiger partial charge is 0.435 e. The van der Waals surface area contributed by atoms with Crippen LogP contribution in [0.15, 0.2) is 71.9 Å². The summed E-state index contributed by atoms with van der Waals surface area (Å²) in [6.07, 6.45) is -3.64. The minimum atomic E-state index is -4.78. The molecular formula is C30H27Cl2F3N2O3. The summed E-state index contributed by atoms with van der Waals surface area (Å²) in [6, 6.07) is 18.7. The number of hydroxylamine groups is 2. The fourth-order valence-corrected chi connectivity index (χ4v) is 5.66. The SMILES string of the molecule is Cc1cc(C2=NOC(c3cc(Cl)cc(Cl)c3)(C(F)(F)F)C2)ccc1C(=O)CCC1CCN(Cc2ccccc2)O1. The van der Waals surface area contributed by atoms with E-state index in [-0.39, 0.29) is 33.2 Å². The Bertz CT molecular complexity index is 1410. The van der Waals surface area contributed by atoms with E-state index in [0.717, 1.165) is 18.5 Å². The molecule has 0 saturated carbocycles. The summed E-state index contributed by atoms with van der Waals surface area (Å²) >= 11 is 12.0. The Morgan fingerprint density at radius 1 is 1.07 bits per heavy atom. The van der Waals surface area contributed by atoms with E-state index in [9.17, 15) is 18.0 Å². The fourth-order valence-electron chi connectivity index (χ4n) is 5.13. The Balaban J connectivity index is 1.22. The Morgan fingerprint density at radius 2 is 1.80 bits per heavy atom. The highest BCUT2D eigenvalue weighted by Gasteiger charge is 2.62. The molecule has 0 N–H and O–H groups in total. The van der Waals surface area contributed by atoms with Crippen LogP contribution < -0.4 is 0 Å². The first-order valence-electron chi connectivity index (χ1n) is 12.9. The molecule has 2 atom stereocenters. The molecule has 2 heterocycles. The van der Waals surface area contributed by atoms with E-state index in [4.69, 9.17) is 32.9 Å².